The van der Waals surface area contributed by atoms with Gasteiger partial charge in [0.15, 0.2) is 0 Å². The fourth-order valence-electron chi connectivity index (χ4n) is 2.21. The molecule has 0 aliphatic rings. The molecule has 1 aromatic rings. The SMILES string of the molecule is CNC(CCOCC(F)F)c1ccc(CC(C)C)cc1. The van der Waals surface area contributed by atoms with Crippen molar-refractivity contribution in [1.82, 2.24) is 5.32 Å². The number of ether oxygens (including phenoxy) is 1. The minimum atomic E-state index is -2.39. The summed E-state index contributed by atoms with van der Waals surface area (Å²) in [6, 6.07) is 8.62. The average Bonchev–Trinajstić information content (AvgIpc) is 2.39. The molecule has 114 valence electrons. The molecule has 2 nitrogen and oxygen atoms in total. The molecule has 0 amide bonds. The van der Waals surface area contributed by atoms with Crippen LogP contribution in [0.3, 0.4) is 0 Å². The van der Waals surface area contributed by atoms with Crippen molar-refractivity contribution in [2.75, 3.05) is 20.3 Å². The highest BCUT2D eigenvalue weighted by molar-refractivity contribution is 5.25. The van der Waals surface area contributed by atoms with Crippen LogP contribution >= 0.6 is 0 Å². The Morgan fingerprint density at radius 2 is 1.80 bits per heavy atom. The van der Waals surface area contributed by atoms with Gasteiger partial charge in [-0.1, -0.05) is 38.1 Å². The topological polar surface area (TPSA) is 21.3 Å². The van der Waals surface area contributed by atoms with Crippen molar-refractivity contribution < 1.29 is 13.5 Å². The van der Waals surface area contributed by atoms with Crippen LogP contribution in [0, 0.1) is 5.92 Å². The van der Waals surface area contributed by atoms with Crippen molar-refractivity contribution in [2.45, 2.75) is 39.2 Å². The molecular formula is C16H25F2NO. The molecule has 0 bridgehead atoms. The zero-order valence-corrected chi connectivity index (χ0v) is 12.5. The van der Waals surface area contributed by atoms with Crippen LogP contribution in [0.1, 0.15) is 37.4 Å². The minimum absolute atomic E-state index is 0.140. The van der Waals surface area contributed by atoms with Gasteiger partial charge in [0, 0.05) is 12.6 Å². The molecule has 0 saturated heterocycles. The van der Waals surface area contributed by atoms with Gasteiger partial charge in [0.1, 0.15) is 6.61 Å². The first-order chi connectivity index (χ1) is 9.52. The molecule has 0 aromatic heterocycles. The van der Waals surface area contributed by atoms with Gasteiger partial charge in [0.2, 0.25) is 0 Å². The van der Waals surface area contributed by atoms with Crippen molar-refractivity contribution >= 4 is 0 Å². The molecule has 4 heteroatoms. The van der Waals surface area contributed by atoms with Gasteiger partial charge < -0.3 is 10.1 Å². The van der Waals surface area contributed by atoms with E-state index in [-0.39, 0.29) is 6.04 Å². The van der Waals surface area contributed by atoms with E-state index in [1.54, 1.807) is 0 Å². The average molecular weight is 285 g/mol. The fourth-order valence-corrected chi connectivity index (χ4v) is 2.21. The summed E-state index contributed by atoms with van der Waals surface area (Å²) >= 11 is 0. The third-order valence-corrected chi connectivity index (χ3v) is 3.17. The smallest absolute Gasteiger partial charge is 0.261 e. The lowest BCUT2D eigenvalue weighted by Gasteiger charge is -2.17. The second kappa shape index (κ2) is 9.03. The molecule has 0 saturated carbocycles. The van der Waals surface area contributed by atoms with Gasteiger partial charge in [-0.2, -0.15) is 0 Å². The Bertz CT molecular complexity index is 365. The Morgan fingerprint density at radius 3 is 2.30 bits per heavy atom. The third-order valence-electron chi connectivity index (χ3n) is 3.17. The predicted molar refractivity (Wildman–Crippen MR) is 78.2 cm³/mol. The van der Waals surface area contributed by atoms with Gasteiger partial charge in [-0.3, -0.25) is 0 Å². The third kappa shape index (κ3) is 6.44. The van der Waals surface area contributed by atoms with Crippen molar-refractivity contribution in [3.8, 4) is 0 Å². The highest BCUT2D eigenvalue weighted by Gasteiger charge is 2.10. The van der Waals surface area contributed by atoms with E-state index in [1.807, 2.05) is 7.05 Å². The largest absolute Gasteiger partial charge is 0.375 e. The molecule has 0 spiro atoms. The molecule has 1 atom stereocenters. The molecule has 0 radical (unpaired) electrons. The zero-order valence-electron chi connectivity index (χ0n) is 12.5. The van der Waals surface area contributed by atoms with Crippen LogP contribution < -0.4 is 5.32 Å². The first-order valence-electron chi connectivity index (χ1n) is 7.15. The molecular weight excluding hydrogens is 260 g/mol. The van der Waals surface area contributed by atoms with E-state index in [2.05, 4.69) is 43.4 Å². The Kier molecular flexibility index (Phi) is 7.70. The Morgan fingerprint density at radius 1 is 1.15 bits per heavy atom. The first kappa shape index (κ1) is 17.1. The molecule has 20 heavy (non-hydrogen) atoms. The standard InChI is InChI=1S/C16H25F2NO/c1-12(2)10-13-4-6-14(7-5-13)15(19-3)8-9-20-11-16(17)18/h4-7,12,15-16,19H,8-11H2,1-3H3. The summed E-state index contributed by atoms with van der Waals surface area (Å²) in [7, 11) is 1.87. The van der Waals surface area contributed by atoms with Crippen molar-refractivity contribution in [3.05, 3.63) is 35.4 Å². The van der Waals surface area contributed by atoms with E-state index in [0.717, 1.165) is 6.42 Å². The summed E-state index contributed by atoms with van der Waals surface area (Å²) in [6.45, 7) is 4.25. The van der Waals surface area contributed by atoms with Gasteiger partial charge in [-0.25, -0.2) is 8.78 Å². The maximum absolute atomic E-state index is 12.0. The van der Waals surface area contributed by atoms with Gasteiger partial charge in [0.05, 0.1) is 0 Å². The maximum Gasteiger partial charge on any atom is 0.261 e. The highest BCUT2D eigenvalue weighted by atomic mass is 19.3. The van der Waals surface area contributed by atoms with Crippen molar-refractivity contribution in [3.63, 3.8) is 0 Å². The van der Waals surface area contributed by atoms with E-state index in [1.165, 1.54) is 11.1 Å². The molecule has 0 aliphatic heterocycles. The van der Waals surface area contributed by atoms with Crippen LogP contribution in [-0.2, 0) is 11.2 Å². The highest BCUT2D eigenvalue weighted by Crippen LogP contribution is 2.18. The summed E-state index contributed by atoms with van der Waals surface area (Å²) in [5, 5.41) is 3.20. The van der Waals surface area contributed by atoms with Gasteiger partial charge >= 0.3 is 0 Å². The second-order valence-corrected chi connectivity index (χ2v) is 5.44. The molecule has 0 aliphatic carbocycles. The number of benzene rings is 1. The number of hydrogen-bond donors (Lipinski definition) is 1. The van der Waals surface area contributed by atoms with Crippen LogP contribution in [0.15, 0.2) is 24.3 Å². The lowest BCUT2D eigenvalue weighted by molar-refractivity contribution is 0.0145. The number of rotatable bonds is 9. The Labute approximate surface area is 120 Å². The van der Waals surface area contributed by atoms with Gasteiger partial charge in [0.25, 0.3) is 6.43 Å². The van der Waals surface area contributed by atoms with Crippen molar-refractivity contribution in [2.24, 2.45) is 5.92 Å². The van der Waals surface area contributed by atoms with Gasteiger partial charge in [-0.05, 0) is 36.9 Å². The number of halogens is 2. The molecule has 1 aromatic carbocycles. The maximum atomic E-state index is 12.0. The van der Waals surface area contributed by atoms with Crippen LogP contribution in [0.25, 0.3) is 0 Å². The summed E-state index contributed by atoms with van der Waals surface area (Å²) in [6.07, 6.45) is -0.632. The van der Waals surface area contributed by atoms with E-state index in [0.29, 0.717) is 18.9 Å². The van der Waals surface area contributed by atoms with E-state index in [4.69, 9.17) is 4.74 Å². The van der Waals surface area contributed by atoms with E-state index >= 15 is 0 Å². The summed E-state index contributed by atoms with van der Waals surface area (Å²) in [5.74, 6) is 0.642. The summed E-state index contributed by atoms with van der Waals surface area (Å²) in [5.41, 5.74) is 2.49. The summed E-state index contributed by atoms with van der Waals surface area (Å²) in [4.78, 5) is 0. The number of alkyl halides is 2. The Balaban J connectivity index is 2.48. The number of nitrogens with one attached hydrogen (secondary N) is 1. The summed E-state index contributed by atoms with van der Waals surface area (Å²) < 4.78 is 28.9. The van der Waals surface area contributed by atoms with Crippen LogP contribution in [0.5, 0.6) is 0 Å². The fraction of sp³-hybridized carbons (Fsp3) is 0.625. The van der Waals surface area contributed by atoms with Gasteiger partial charge in [-0.15, -0.1) is 0 Å². The normalized spacial score (nSPS) is 13.2. The molecule has 1 rings (SSSR count). The lowest BCUT2D eigenvalue weighted by atomic mass is 9.98. The first-order valence-corrected chi connectivity index (χ1v) is 7.15. The monoisotopic (exact) mass is 285 g/mol. The molecule has 1 unspecified atom stereocenters. The minimum Gasteiger partial charge on any atom is -0.375 e. The Hall–Kier alpha value is -1.00. The lowest BCUT2D eigenvalue weighted by Crippen LogP contribution is -2.19. The van der Waals surface area contributed by atoms with E-state index < -0.39 is 13.0 Å². The quantitative estimate of drug-likeness (QED) is 0.696. The number of hydrogen-bond acceptors (Lipinski definition) is 2. The molecule has 0 fully saturated rings. The second-order valence-electron chi connectivity index (χ2n) is 5.44. The van der Waals surface area contributed by atoms with Crippen molar-refractivity contribution in [1.29, 1.82) is 0 Å². The van der Waals surface area contributed by atoms with E-state index in [9.17, 15) is 8.78 Å². The predicted octanol–water partition coefficient (Wildman–Crippen LogP) is 3.82. The van der Waals surface area contributed by atoms with Crippen LogP contribution in [0.2, 0.25) is 0 Å². The zero-order chi connectivity index (χ0) is 15.0. The molecule has 0 heterocycles. The molecule has 1 N–H and O–H groups in total. The van der Waals surface area contributed by atoms with Crippen LogP contribution in [-0.4, -0.2) is 26.7 Å². The van der Waals surface area contributed by atoms with Crippen LogP contribution in [0.4, 0.5) is 8.78 Å².